The van der Waals surface area contributed by atoms with Gasteiger partial charge in [0.05, 0.1) is 5.69 Å². The van der Waals surface area contributed by atoms with Gasteiger partial charge in [0.25, 0.3) is 0 Å². The number of pyridine rings is 1. The first kappa shape index (κ1) is 12.9. The van der Waals surface area contributed by atoms with Crippen LogP contribution in [-0.4, -0.2) is 24.1 Å². The molecular formula is C16H25N3. The molecule has 0 unspecified atom stereocenters. The lowest BCUT2D eigenvalue weighted by Gasteiger charge is -2.39. The summed E-state index contributed by atoms with van der Waals surface area (Å²) in [4.78, 5) is 7.00. The number of hydrogen-bond acceptors (Lipinski definition) is 3. The van der Waals surface area contributed by atoms with Crippen molar-refractivity contribution in [3.8, 4) is 0 Å². The SMILES string of the molecule is CC1(C)CCCN(c2ccnc(CNC3CC3)c2)C1. The van der Waals surface area contributed by atoms with Crippen LogP contribution in [0.5, 0.6) is 0 Å². The summed E-state index contributed by atoms with van der Waals surface area (Å²) in [5.74, 6) is 0. The molecule has 2 fully saturated rings. The molecular weight excluding hydrogens is 234 g/mol. The second-order valence-corrected chi connectivity index (χ2v) is 6.85. The molecule has 1 aliphatic carbocycles. The van der Waals surface area contributed by atoms with Crippen molar-refractivity contribution < 1.29 is 0 Å². The Morgan fingerprint density at radius 1 is 1.42 bits per heavy atom. The van der Waals surface area contributed by atoms with Gasteiger partial charge < -0.3 is 10.2 Å². The van der Waals surface area contributed by atoms with Gasteiger partial charge >= 0.3 is 0 Å². The number of nitrogens with zero attached hydrogens (tertiary/aromatic N) is 2. The van der Waals surface area contributed by atoms with Gasteiger partial charge in [-0.3, -0.25) is 4.98 Å². The lowest BCUT2D eigenvalue weighted by atomic mass is 9.84. The van der Waals surface area contributed by atoms with E-state index in [2.05, 4.69) is 41.2 Å². The molecule has 0 atom stereocenters. The van der Waals surface area contributed by atoms with Gasteiger partial charge in [-0.05, 0) is 43.2 Å². The first-order chi connectivity index (χ1) is 9.12. The standard InChI is InChI=1S/C16H25N3/c1-16(2)7-3-9-19(12-16)15-6-8-17-14(10-15)11-18-13-4-5-13/h6,8,10,13,18H,3-5,7,9,11-12H2,1-2H3. The van der Waals surface area contributed by atoms with Crippen molar-refractivity contribution in [2.24, 2.45) is 5.41 Å². The van der Waals surface area contributed by atoms with E-state index in [1.165, 1.54) is 43.6 Å². The molecule has 2 heterocycles. The summed E-state index contributed by atoms with van der Waals surface area (Å²) in [6, 6.07) is 5.16. The number of piperidine rings is 1. The fourth-order valence-corrected chi connectivity index (χ4v) is 2.94. The summed E-state index contributed by atoms with van der Waals surface area (Å²) in [5, 5.41) is 3.54. The lowest BCUT2D eigenvalue weighted by molar-refractivity contribution is 0.293. The van der Waals surface area contributed by atoms with Gasteiger partial charge in [-0.25, -0.2) is 0 Å². The minimum absolute atomic E-state index is 0.438. The second-order valence-electron chi connectivity index (χ2n) is 6.85. The van der Waals surface area contributed by atoms with Crippen molar-refractivity contribution in [1.82, 2.24) is 10.3 Å². The zero-order valence-electron chi connectivity index (χ0n) is 12.2. The molecule has 19 heavy (non-hydrogen) atoms. The Morgan fingerprint density at radius 2 is 2.26 bits per heavy atom. The molecule has 0 amide bonds. The maximum absolute atomic E-state index is 4.48. The van der Waals surface area contributed by atoms with Gasteiger partial charge in [0, 0.05) is 37.6 Å². The molecule has 0 radical (unpaired) electrons. The molecule has 0 aromatic carbocycles. The topological polar surface area (TPSA) is 28.2 Å². The largest absolute Gasteiger partial charge is 0.371 e. The van der Waals surface area contributed by atoms with E-state index in [9.17, 15) is 0 Å². The van der Waals surface area contributed by atoms with Gasteiger partial charge in [-0.2, -0.15) is 0 Å². The third kappa shape index (κ3) is 3.47. The number of hydrogen-bond donors (Lipinski definition) is 1. The van der Waals surface area contributed by atoms with E-state index in [1.807, 2.05) is 6.20 Å². The first-order valence-corrected chi connectivity index (χ1v) is 7.56. The summed E-state index contributed by atoms with van der Waals surface area (Å²) in [6.07, 6.45) is 7.26. The first-order valence-electron chi connectivity index (χ1n) is 7.56. The van der Waals surface area contributed by atoms with Crippen LogP contribution in [0, 0.1) is 5.41 Å². The Bertz CT molecular complexity index is 437. The maximum atomic E-state index is 4.48. The van der Waals surface area contributed by atoms with Gasteiger partial charge in [0.15, 0.2) is 0 Å². The average molecular weight is 259 g/mol. The summed E-state index contributed by atoms with van der Waals surface area (Å²) in [5.41, 5.74) is 2.96. The van der Waals surface area contributed by atoms with Crippen LogP contribution in [0.15, 0.2) is 18.3 Å². The molecule has 3 nitrogen and oxygen atoms in total. The summed E-state index contributed by atoms with van der Waals surface area (Å²) >= 11 is 0. The molecule has 1 N–H and O–H groups in total. The van der Waals surface area contributed by atoms with Gasteiger partial charge in [-0.1, -0.05) is 13.8 Å². The number of aromatic nitrogens is 1. The molecule has 0 bridgehead atoms. The maximum Gasteiger partial charge on any atom is 0.0562 e. The fraction of sp³-hybridized carbons (Fsp3) is 0.688. The quantitative estimate of drug-likeness (QED) is 0.901. The minimum Gasteiger partial charge on any atom is -0.371 e. The molecule has 3 rings (SSSR count). The minimum atomic E-state index is 0.438. The summed E-state index contributed by atoms with van der Waals surface area (Å²) < 4.78 is 0. The van der Waals surface area contributed by atoms with E-state index in [0.29, 0.717) is 5.41 Å². The number of rotatable bonds is 4. The normalized spacial score (nSPS) is 22.5. The van der Waals surface area contributed by atoms with Crippen LogP contribution in [0.4, 0.5) is 5.69 Å². The molecule has 1 aromatic heterocycles. The second kappa shape index (κ2) is 5.12. The number of anilines is 1. The van der Waals surface area contributed by atoms with Crippen LogP contribution in [0.3, 0.4) is 0 Å². The fourth-order valence-electron chi connectivity index (χ4n) is 2.94. The van der Waals surface area contributed by atoms with Crippen LogP contribution in [0.2, 0.25) is 0 Å². The van der Waals surface area contributed by atoms with Crippen molar-refractivity contribution in [3.63, 3.8) is 0 Å². The zero-order valence-corrected chi connectivity index (χ0v) is 12.2. The Hall–Kier alpha value is -1.09. The van der Waals surface area contributed by atoms with E-state index >= 15 is 0 Å². The molecule has 1 saturated heterocycles. The Labute approximate surface area is 116 Å². The van der Waals surface area contributed by atoms with Crippen LogP contribution in [0.25, 0.3) is 0 Å². The van der Waals surface area contributed by atoms with E-state index in [1.54, 1.807) is 0 Å². The van der Waals surface area contributed by atoms with Crippen LogP contribution in [-0.2, 0) is 6.54 Å². The highest BCUT2D eigenvalue weighted by Crippen LogP contribution is 2.31. The molecule has 1 saturated carbocycles. The molecule has 3 heteroatoms. The van der Waals surface area contributed by atoms with E-state index in [-0.39, 0.29) is 0 Å². The van der Waals surface area contributed by atoms with E-state index in [4.69, 9.17) is 0 Å². The smallest absolute Gasteiger partial charge is 0.0562 e. The van der Waals surface area contributed by atoms with E-state index in [0.717, 1.165) is 19.1 Å². The van der Waals surface area contributed by atoms with Gasteiger partial charge in [0.1, 0.15) is 0 Å². The van der Waals surface area contributed by atoms with Crippen molar-refractivity contribution in [1.29, 1.82) is 0 Å². The van der Waals surface area contributed by atoms with Crippen molar-refractivity contribution in [2.45, 2.75) is 52.1 Å². The van der Waals surface area contributed by atoms with E-state index < -0.39 is 0 Å². The highest BCUT2D eigenvalue weighted by molar-refractivity contribution is 5.47. The third-order valence-electron chi connectivity index (χ3n) is 4.21. The summed E-state index contributed by atoms with van der Waals surface area (Å²) in [7, 11) is 0. The van der Waals surface area contributed by atoms with Gasteiger partial charge in [-0.15, -0.1) is 0 Å². The van der Waals surface area contributed by atoms with Crippen LogP contribution < -0.4 is 10.2 Å². The third-order valence-corrected chi connectivity index (χ3v) is 4.21. The van der Waals surface area contributed by atoms with Crippen LogP contribution >= 0.6 is 0 Å². The molecule has 1 aromatic rings. The predicted molar refractivity (Wildman–Crippen MR) is 79.3 cm³/mol. The van der Waals surface area contributed by atoms with Gasteiger partial charge in [0.2, 0.25) is 0 Å². The molecule has 2 aliphatic rings. The Balaban J connectivity index is 1.67. The summed E-state index contributed by atoms with van der Waals surface area (Å²) in [6.45, 7) is 8.00. The van der Waals surface area contributed by atoms with Crippen molar-refractivity contribution in [3.05, 3.63) is 24.0 Å². The predicted octanol–water partition coefficient (Wildman–Crippen LogP) is 2.96. The number of nitrogens with one attached hydrogen (secondary N) is 1. The monoisotopic (exact) mass is 259 g/mol. The molecule has 104 valence electrons. The highest BCUT2D eigenvalue weighted by atomic mass is 15.1. The van der Waals surface area contributed by atoms with Crippen LogP contribution in [0.1, 0.15) is 45.2 Å². The Kier molecular flexibility index (Phi) is 3.48. The zero-order chi connectivity index (χ0) is 13.3. The molecule has 0 spiro atoms. The lowest BCUT2D eigenvalue weighted by Crippen LogP contribution is -2.40. The Morgan fingerprint density at radius 3 is 3.00 bits per heavy atom. The highest BCUT2D eigenvalue weighted by Gasteiger charge is 2.26. The van der Waals surface area contributed by atoms with Crippen molar-refractivity contribution in [2.75, 3.05) is 18.0 Å². The van der Waals surface area contributed by atoms with Crippen molar-refractivity contribution >= 4 is 5.69 Å². The molecule has 1 aliphatic heterocycles. The average Bonchev–Trinajstić information content (AvgIpc) is 3.20.